The average molecular weight is 219 g/mol. The van der Waals surface area contributed by atoms with Crippen LogP contribution in [0.25, 0.3) is 0 Å². The highest BCUT2D eigenvalue weighted by molar-refractivity contribution is 4.98. The highest BCUT2D eigenvalue weighted by Crippen LogP contribution is 2.00. The van der Waals surface area contributed by atoms with Crippen molar-refractivity contribution >= 4 is 0 Å². The molecule has 0 atom stereocenters. The minimum atomic E-state index is 0.807. The normalized spacial score (nSPS) is 10.8. The molecule has 0 aliphatic rings. The monoisotopic (exact) mass is 219 g/mol. The number of hydrogen-bond acceptors (Lipinski definition) is 3. The summed E-state index contributed by atoms with van der Waals surface area (Å²) in [6, 6.07) is 3.91. The highest BCUT2D eigenvalue weighted by Gasteiger charge is 2.00. The SMILES string of the molecule is CCn1ccnc1CNCCc1ccco1. The van der Waals surface area contributed by atoms with E-state index >= 15 is 0 Å². The van der Waals surface area contributed by atoms with Crippen molar-refractivity contribution in [3.63, 3.8) is 0 Å². The maximum absolute atomic E-state index is 5.25. The van der Waals surface area contributed by atoms with Gasteiger partial charge in [0.1, 0.15) is 11.6 Å². The van der Waals surface area contributed by atoms with Gasteiger partial charge in [-0.15, -0.1) is 0 Å². The molecule has 0 saturated heterocycles. The summed E-state index contributed by atoms with van der Waals surface area (Å²) in [5, 5.41) is 3.36. The lowest BCUT2D eigenvalue weighted by Gasteiger charge is -2.05. The lowest BCUT2D eigenvalue weighted by molar-refractivity contribution is 0.495. The number of aromatic nitrogens is 2. The molecule has 2 aromatic rings. The van der Waals surface area contributed by atoms with Gasteiger partial charge in [-0.3, -0.25) is 0 Å². The number of rotatable bonds is 6. The van der Waals surface area contributed by atoms with Crippen LogP contribution in [0, 0.1) is 0 Å². The van der Waals surface area contributed by atoms with Crippen LogP contribution in [-0.2, 0) is 19.5 Å². The number of furan rings is 1. The van der Waals surface area contributed by atoms with E-state index in [2.05, 4.69) is 21.8 Å². The first kappa shape index (κ1) is 11.0. The maximum atomic E-state index is 5.25. The van der Waals surface area contributed by atoms with Gasteiger partial charge in [-0.2, -0.15) is 0 Å². The highest BCUT2D eigenvalue weighted by atomic mass is 16.3. The molecule has 2 aromatic heterocycles. The van der Waals surface area contributed by atoms with Crippen molar-refractivity contribution in [2.75, 3.05) is 6.54 Å². The standard InChI is InChI=1S/C12H17N3O/c1-2-15-8-7-14-12(15)10-13-6-5-11-4-3-9-16-11/h3-4,7-9,13H,2,5-6,10H2,1H3. The minimum Gasteiger partial charge on any atom is -0.469 e. The van der Waals surface area contributed by atoms with Crippen LogP contribution in [0.5, 0.6) is 0 Å². The Morgan fingerprint density at radius 3 is 3.19 bits per heavy atom. The third-order valence-electron chi connectivity index (χ3n) is 2.55. The molecule has 4 heteroatoms. The third kappa shape index (κ3) is 2.73. The smallest absolute Gasteiger partial charge is 0.122 e. The first-order valence-corrected chi connectivity index (χ1v) is 5.63. The topological polar surface area (TPSA) is 43.0 Å². The fraction of sp³-hybridized carbons (Fsp3) is 0.417. The fourth-order valence-electron chi connectivity index (χ4n) is 1.66. The molecule has 86 valence electrons. The largest absolute Gasteiger partial charge is 0.469 e. The van der Waals surface area contributed by atoms with Crippen LogP contribution in [-0.4, -0.2) is 16.1 Å². The molecule has 0 saturated carbocycles. The van der Waals surface area contributed by atoms with Crippen LogP contribution in [0.2, 0.25) is 0 Å². The van der Waals surface area contributed by atoms with Gasteiger partial charge in [-0.25, -0.2) is 4.98 Å². The number of nitrogens with one attached hydrogen (secondary N) is 1. The Bertz CT molecular complexity index is 406. The third-order valence-corrected chi connectivity index (χ3v) is 2.55. The van der Waals surface area contributed by atoms with Crippen molar-refractivity contribution in [1.29, 1.82) is 0 Å². The van der Waals surface area contributed by atoms with Gasteiger partial charge in [-0.05, 0) is 19.1 Å². The van der Waals surface area contributed by atoms with Crippen molar-refractivity contribution in [1.82, 2.24) is 14.9 Å². The molecule has 0 aliphatic carbocycles. The van der Waals surface area contributed by atoms with Crippen LogP contribution in [0.15, 0.2) is 35.2 Å². The molecule has 2 heterocycles. The Morgan fingerprint density at radius 1 is 1.50 bits per heavy atom. The molecule has 0 fully saturated rings. The molecule has 0 radical (unpaired) electrons. The van der Waals surface area contributed by atoms with E-state index in [4.69, 9.17) is 4.42 Å². The van der Waals surface area contributed by atoms with E-state index in [0.29, 0.717) is 0 Å². The van der Waals surface area contributed by atoms with E-state index in [1.165, 1.54) is 0 Å². The van der Waals surface area contributed by atoms with Crippen molar-refractivity contribution < 1.29 is 4.42 Å². The lowest BCUT2D eigenvalue weighted by atomic mass is 10.3. The first-order chi connectivity index (χ1) is 7.90. The Balaban J connectivity index is 1.72. The number of imidazole rings is 1. The molecule has 0 spiro atoms. The average Bonchev–Trinajstić information content (AvgIpc) is 2.95. The van der Waals surface area contributed by atoms with Crippen LogP contribution in [0.3, 0.4) is 0 Å². The van der Waals surface area contributed by atoms with Crippen LogP contribution in [0.1, 0.15) is 18.5 Å². The zero-order valence-corrected chi connectivity index (χ0v) is 9.52. The van der Waals surface area contributed by atoms with Gasteiger partial charge in [0.25, 0.3) is 0 Å². The molecule has 0 aliphatic heterocycles. The molecule has 1 N–H and O–H groups in total. The van der Waals surface area contributed by atoms with Crippen molar-refractivity contribution in [3.8, 4) is 0 Å². The Morgan fingerprint density at radius 2 is 2.44 bits per heavy atom. The minimum absolute atomic E-state index is 0.807. The summed E-state index contributed by atoms with van der Waals surface area (Å²) >= 11 is 0. The quantitative estimate of drug-likeness (QED) is 0.754. The molecule has 0 amide bonds. The predicted molar refractivity (Wildman–Crippen MR) is 62.0 cm³/mol. The van der Waals surface area contributed by atoms with Gasteiger partial charge in [0.15, 0.2) is 0 Å². The van der Waals surface area contributed by atoms with Gasteiger partial charge in [-0.1, -0.05) is 0 Å². The first-order valence-electron chi connectivity index (χ1n) is 5.63. The number of nitrogens with zero attached hydrogens (tertiary/aromatic N) is 2. The van der Waals surface area contributed by atoms with Crippen LogP contribution >= 0.6 is 0 Å². The summed E-state index contributed by atoms with van der Waals surface area (Å²) in [7, 11) is 0. The lowest BCUT2D eigenvalue weighted by Crippen LogP contribution is -2.19. The van der Waals surface area contributed by atoms with Gasteiger partial charge in [0, 0.05) is 31.9 Å². The van der Waals surface area contributed by atoms with Gasteiger partial charge >= 0.3 is 0 Å². The second-order valence-corrected chi connectivity index (χ2v) is 3.64. The second kappa shape index (κ2) is 5.51. The molecular weight excluding hydrogens is 202 g/mol. The zero-order chi connectivity index (χ0) is 11.2. The molecule has 0 aromatic carbocycles. The molecule has 4 nitrogen and oxygen atoms in total. The summed E-state index contributed by atoms with van der Waals surface area (Å²) in [5.41, 5.74) is 0. The molecule has 16 heavy (non-hydrogen) atoms. The Kier molecular flexibility index (Phi) is 3.77. The van der Waals surface area contributed by atoms with E-state index in [0.717, 1.165) is 37.6 Å². The summed E-state index contributed by atoms with van der Waals surface area (Å²) in [4.78, 5) is 4.30. The molecule has 0 bridgehead atoms. The van der Waals surface area contributed by atoms with Crippen molar-refractivity contribution in [2.45, 2.75) is 26.4 Å². The molecular formula is C12H17N3O. The maximum Gasteiger partial charge on any atom is 0.122 e. The summed E-state index contributed by atoms with van der Waals surface area (Å²) < 4.78 is 7.39. The summed E-state index contributed by atoms with van der Waals surface area (Å²) in [6.07, 6.45) is 6.47. The molecule has 0 unspecified atom stereocenters. The Hall–Kier alpha value is -1.55. The van der Waals surface area contributed by atoms with Crippen molar-refractivity contribution in [2.24, 2.45) is 0 Å². The van der Waals surface area contributed by atoms with Gasteiger partial charge in [0.2, 0.25) is 0 Å². The number of aryl methyl sites for hydroxylation is 1. The second-order valence-electron chi connectivity index (χ2n) is 3.64. The van der Waals surface area contributed by atoms with E-state index < -0.39 is 0 Å². The van der Waals surface area contributed by atoms with E-state index in [1.54, 1.807) is 6.26 Å². The molecule has 2 rings (SSSR count). The summed E-state index contributed by atoms with van der Waals surface area (Å²) in [5.74, 6) is 2.10. The van der Waals surface area contributed by atoms with Crippen molar-refractivity contribution in [3.05, 3.63) is 42.4 Å². The van der Waals surface area contributed by atoms with Gasteiger partial charge in [0.05, 0.1) is 12.8 Å². The summed E-state index contributed by atoms with van der Waals surface area (Å²) in [6.45, 7) is 4.80. The van der Waals surface area contributed by atoms with E-state index in [1.807, 2.05) is 24.5 Å². The van der Waals surface area contributed by atoms with E-state index in [9.17, 15) is 0 Å². The van der Waals surface area contributed by atoms with Gasteiger partial charge < -0.3 is 14.3 Å². The van der Waals surface area contributed by atoms with Crippen LogP contribution < -0.4 is 5.32 Å². The zero-order valence-electron chi connectivity index (χ0n) is 9.52. The number of hydrogen-bond donors (Lipinski definition) is 1. The Labute approximate surface area is 95.3 Å². The van der Waals surface area contributed by atoms with E-state index in [-0.39, 0.29) is 0 Å². The van der Waals surface area contributed by atoms with Crippen LogP contribution in [0.4, 0.5) is 0 Å². The fourth-order valence-corrected chi connectivity index (χ4v) is 1.66. The predicted octanol–water partition coefficient (Wildman–Crippen LogP) is 1.83.